The molecule has 250 valence electrons. The van der Waals surface area contributed by atoms with E-state index in [2.05, 4.69) is 9.88 Å². The van der Waals surface area contributed by atoms with Gasteiger partial charge < -0.3 is 15.1 Å². The first kappa shape index (κ1) is 32.9. The van der Waals surface area contributed by atoms with Crippen LogP contribution in [0.15, 0.2) is 99.3 Å². The first-order valence-corrected chi connectivity index (χ1v) is 15.5. The minimum absolute atomic E-state index is 0.151. The molecule has 48 heavy (non-hydrogen) atoms. The van der Waals surface area contributed by atoms with Crippen molar-refractivity contribution in [1.29, 1.82) is 0 Å². The number of nitrogens with two attached hydrogens (primary N) is 1. The zero-order valence-electron chi connectivity index (χ0n) is 26.2. The van der Waals surface area contributed by atoms with Gasteiger partial charge in [-0.05, 0) is 42.3 Å². The SMILES string of the molecule is Cc1c(N2CCN(Cc3cccc(-c4ncco4)c3)CC2)c(=O)n(CC(N)c2ccccc2)c(=O)n1Cc1c(F)cccc1C(F)(F)F. The lowest BCUT2D eigenvalue weighted by Gasteiger charge is -2.37. The lowest BCUT2D eigenvalue weighted by atomic mass is 10.1. The molecule has 0 radical (unpaired) electrons. The van der Waals surface area contributed by atoms with Gasteiger partial charge in [-0.25, -0.2) is 14.2 Å². The molecule has 1 unspecified atom stereocenters. The zero-order chi connectivity index (χ0) is 34.0. The number of halogens is 4. The average molecular weight is 663 g/mol. The van der Waals surface area contributed by atoms with Crippen molar-refractivity contribution < 1.29 is 22.0 Å². The Morgan fingerprint density at radius 1 is 0.917 bits per heavy atom. The van der Waals surface area contributed by atoms with Crippen LogP contribution in [-0.4, -0.2) is 45.2 Å². The number of oxazole rings is 1. The van der Waals surface area contributed by atoms with Gasteiger partial charge in [0.1, 0.15) is 17.8 Å². The van der Waals surface area contributed by atoms with Crippen molar-refractivity contribution in [3.05, 3.63) is 140 Å². The second-order valence-corrected chi connectivity index (χ2v) is 11.8. The smallest absolute Gasteiger partial charge is 0.416 e. The van der Waals surface area contributed by atoms with Crippen LogP contribution in [0.4, 0.5) is 23.2 Å². The van der Waals surface area contributed by atoms with Crippen molar-refractivity contribution in [1.82, 2.24) is 19.0 Å². The molecule has 9 nitrogen and oxygen atoms in total. The highest BCUT2D eigenvalue weighted by atomic mass is 19.4. The predicted molar refractivity (Wildman–Crippen MR) is 173 cm³/mol. The molecule has 0 bridgehead atoms. The van der Waals surface area contributed by atoms with Gasteiger partial charge in [0.2, 0.25) is 5.89 Å². The minimum Gasteiger partial charge on any atom is -0.445 e. The van der Waals surface area contributed by atoms with E-state index in [1.165, 1.54) is 13.2 Å². The Kier molecular flexibility index (Phi) is 9.33. The zero-order valence-corrected chi connectivity index (χ0v) is 26.2. The molecule has 0 saturated carbocycles. The van der Waals surface area contributed by atoms with Crippen LogP contribution >= 0.6 is 0 Å². The topological polar surface area (TPSA) is 103 Å². The molecule has 5 aromatic rings. The number of benzene rings is 3. The summed E-state index contributed by atoms with van der Waals surface area (Å²) in [4.78, 5) is 36.2. The summed E-state index contributed by atoms with van der Waals surface area (Å²) in [6.45, 7) is 3.14. The summed E-state index contributed by atoms with van der Waals surface area (Å²) in [5.41, 5.74) is 5.98. The quantitative estimate of drug-likeness (QED) is 0.217. The molecular formula is C35H34F4N6O3. The molecule has 3 heterocycles. The number of alkyl halides is 3. The maximum absolute atomic E-state index is 15.0. The van der Waals surface area contributed by atoms with Crippen molar-refractivity contribution in [3.8, 4) is 11.5 Å². The molecule has 0 amide bonds. The highest BCUT2D eigenvalue weighted by Crippen LogP contribution is 2.34. The van der Waals surface area contributed by atoms with Gasteiger partial charge in [0.05, 0.1) is 24.8 Å². The standard InChI is InChI=1S/C35H34F4N6O3/c1-23-31(43-16-14-42(15-17-43)20-24-7-5-10-26(19-24)32-41-13-18-48-32)33(46)45(22-30(40)25-8-3-2-4-9-25)34(47)44(23)21-27-28(35(37,38)39)11-6-12-29(27)36/h2-13,18-19,30H,14-17,20-22,40H2,1H3. The summed E-state index contributed by atoms with van der Waals surface area (Å²) in [5, 5.41) is 0. The van der Waals surface area contributed by atoms with Gasteiger partial charge in [-0.1, -0.05) is 48.5 Å². The summed E-state index contributed by atoms with van der Waals surface area (Å²) >= 11 is 0. The summed E-state index contributed by atoms with van der Waals surface area (Å²) in [6, 6.07) is 18.7. The molecule has 1 saturated heterocycles. The highest BCUT2D eigenvalue weighted by molar-refractivity contribution is 5.54. The molecule has 0 spiro atoms. The van der Waals surface area contributed by atoms with Crippen LogP contribution in [-0.2, 0) is 25.8 Å². The molecule has 6 rings (SSSR count). The van der Waals surface area contributed by atoms with E-state index in [9.17, 15) is 27.2 Å². The molecule has 1 atom stereocenters. The van der Waals surface area contributed by atoms with Crippen LogP contribution < -0.4 is 21.9 Å². The fourth-order valence-electron chi connectivity index (χ4n) is 6.20. The number of piperazine rings is 1. The molecule has 1 aliphatic heterocycles. The Bertz CT molecular complexity index is 2000. The third-order valence-electron chi connectivity index (χ3n) is 8.71. The molecule has 2 N–H and O–H groups in total. The van der Waals surface area contributed by atoms with Gasteiger partial charge in [0.15, 0.2) is 0 Å². The van der Waals surface area contributed by atoms with Crippen LogP contribution in [0.2, 0.25) is 0 Å². The van der Waals surface area contributed by atoms with Gasteiger partial charge in [-0.3, -0.25) is 18.8 Å². The largest absolute Gasteiger partial charge is 0.445 e. The summed E-state index contributed by atoms with van der Waals surface area (Å²) in [7, 11) is 0. The average Bonchev–Trinajstić information content (AvgIpc) is 3.62. The summed E-state index contributed by atoms with van der Waals surface area (Å²) in [6.07, 6.45) is -1.76. The van der Waals surface area contributed by atoms with Crippen molar-refractivity contribution in [2.75, 3.05) is 31.1 Å². The molecule has 3 aromatic carbocycles. The van der Waals surface area contributed by atoms with Gasteiger partial charge in [0, 0.05) is 55.6 Å². The number of nitrogens with zero attached hydrogens (tertiary/aromatic N) is 5. The molecular weight excluding hydrogens is 628 g/mol. The molecule has 1 aliphatic rings. The van der Waals surface area contributed by atoms with Crippen LogP contribution in [0.1, 0.15) is 34.0 Å². The van der Waals surface area contributed by atoms with E-state index < -0.39 is 47.0 Å². The fourth-order valence-corrected chi connectivity index (χ4v) is 6.20. The molecule has 0 aliphatic carbocycles. The van der Waals surface area contributed by atoms with Crippen LogP contribution in [0, 0.1) is 12.7 Å². The predicted octanol–water partition coefficient (Wildman–Crippen LogP) is 5.20. The van der Waals surface area contributed by atoms with Gasteiger partial charge >= 0.3 is 11.9 Å². The summed E-state index contributed by atoms with van der Waals surface area (Å²) < 4.78 is 64.3. The van der Waals surface area contributed by atoms with Gasteiger partial charge in [-0.2, -0.15) is 13.2 Å². The maximum atomic E-state index is 15.0. The molecule has 2 aromatic heterocycles. The molecule has 1 fully saturated rings. The third-order valence-corrected chi connectivity index (χ3v) is 8.71. The van der Waals surface area contributed by atoms with E-state index in [-0.39, 0.29) is 17.9 Å². The second kappa shape index (κ2) is 13.6. The third kappa shape index (κ3) is 6.83. The number of rotatable bonds is 9. The number of aromatic nitrogens is 3. The van der Waals surface area contributed by atoms with Gasteiger partial charge in [0.25, 0.3) is 5.56 Å². The maximum Gasteiger partial charge on any atom is 0.416 e. The van der Waals surface area contributed by atoms with E-state index in [0.29, 0.717) is 44.2 Å². The van der Waals surface area contributed by atoms with E-state index in [1.807, 2.05) is 29.2 Å². The Morgan fingerprint density at radius 2 is 1.65 bits per heavy atom. The first-order valence-electron chi connectivity index (χ1n) is 15.5. The van der Waals surface area contributed by atoms with Crippen molar-refractivity contribution in [3.63, 3.8) is 0 Å². The minimum atomic E-state index is -4.85. The monoisotopic (exact) mass is 662 g/mol. The Labute approximate surface area is 273 Å². The normalized spacial score (nSPS) is 14.8. The highest BCUT2D eigenvalue weighted by Gasteiger charge is 2.35. The van der Waals surface area contributed by atoms with Crippen molar-refractivity contribution in [2.24, 2.45) is 5.73 Å². The fraction of sp³-hybridized carbons (Fsp3) is 0.286. The second-order valence-electron chi connectivity index (χ2n) is 11.8. The molecule has 13 heteroatoms. The Balaban J connectivity index is 1.33. The Hall–Kier alpha value is -5.01. The lowest BCUT2D eigenvalue weighted by Crippen LogP contribution is -2.51. The van der Waals surface area contributed by atoms with Crippen molar-refractivity contribution in [2.45, 2.75) is 38.8 Å². The number of hydrogen-bond acceptors (Lipinski definition) is 7. The number of anilines is 1. The van der Waals surface area contributed by atoms with E-state index in [4.69, 9.17) is 10.2 Å². The van der Waals surface area contributed by atoms with Crippen LogP contribution in [0.5, 0.6) is 0 Å². The van der Waals surface area contributed by atoms with E-state index >= 15 is 0 Å². The summed E-state index contributed by atoms with van der Waals surface area (Å²) in [5.74, 6) is -0.579. The lowest BCUT2D eigenvalue weighted by molar-refractivity contribution is -0.138. The van der Waals surface area contributed by atoms with E-state index in [0.717, 1.165) is 38.5 Å². The van der Waals surface area contributed by atoms with Crippen LogP contribution in [0.25, 0.3) is 11.5 Å². The van der Waals surface area contributed by atoms with Crippen LogP contribution in [0.3, 0.4) is 0 Å². The van der Waals surface area contributed by atoms with E-state index in [1.54, 1.807) is 36.5 Å². The van der Waals surface area contributed by atoms with Gasteiger partial charge in [-0.15, -0.1) is 0 Å². The first-order chi connectivity index (χ1) is 23.0. The van der Waals surface area contributed by atoms with Crippen molar-refractivity contribution >= 4 is 5.69 Å². The number of hydrogen-bond donors (Lipinski definition) is 1. The Morgan fingerprint density at radius 3 is 2.33 bits per heavy atom.